The Hall–Kier alpha value is -2.00. The molecule has 0 aliphatic carbocycles. The van der Waals surface area contributed by atoms with Crippen molar-refractivity contribution in [1.82, 2.24) is 9.62 Å². The second kappa shape index (κ2) is 9.67. The molecule has 1 amide bonds. The highest BCUT2D eigenvalue weighted by molar-refractivity contribution is 7.89. The van der Waals surface area contributed by atoms with Gasteiger partial charge in [0.15, 0.2) is 0 Å². The van der Waals surface area contributed by atoms with E-state index in [0.29, 0.717) is 0 Å². The third kappa shape index (κ3) is 5.99. The molecule has 2 aromatic rings. The van der Waals surface area contributed by atoms with Crippen LogP contribution in [0.4, 0.5) is 10.1 Å². The van der Waals surface area contributed by atoms with Gasteiger partial charge >= 0.3 is 0 Å². The molecular weight excluding hydrogens is 417 g/mol. The summed E-state index contributed by atoms with van der Waals surface area (Å²) in [6.07, 6.45) is 0. The van der Waals surface area contributed by atoms with Gasteiger partial charge < -0.3 is 10.6 Å². The molecule has 0 aliphatic heterocycles. The topological polar surface area (TPSA) is 78.5 Å². The first-order chi connectivity index (χ1) is 13.5. The van der Waals surface area contributed by atoms with Crippen LogP contribution in [0, 0.1) is 11.7 Å². The molecule has 0 bridgehead atoms. The van der Waals surface area contributed by atoms with Gasteiger partial charge in [0.25, 0.3) is 0 Å². The van der Waals surface area contributed by atoms with E-state index >= 15 is 0 Å². The number of anilines is 1. The molecule has 0 heterocycles. The van der Waals surface area contributed by atoms with Crippen LogP contribution < -0.4 is 10.6 Å². The van der Waals surface area contributed by atoms with Gasteiger partial charge in [-0.1, -0.05) is 37.6 Å². The fourth-order valence-electron chi connectivity index (χ4n) is 2.78. The third-order valence-electron chi connectivity index (χ3n) is 4.37. The van der Waals surface area contributed by atoms with Crippen molar-refractivity contribution in [3.05, 3.63) is 58.9 Å². The van der Waals surface area contributed by atoms with E-state index < -0.39 is 10.0 Å². The van der Waals surface area contributed by atoms with Crippen molar-refractivity contribution in [1.29, 1.82) is 0 Å². The maximum absolute atomic E-state index is 13.2. The van der Waals surface area contributed by atoms with E-state index in [2.05, 4.69) is 10.6 Å². The number of sulfonamides is 1. The Bertz CT molecular complexity index is 963. The maximum atomic E-state index is 13.2. The maximum Gasteiger partial charge on any atom is 0.242 e. The molecule has 0 fully saturated rings. The highest BCUT2D eigenvalue weighted by atomic mass is 35.5. The molecule has 0 aliphatic rings. The van der Waals surface area contributed by atoms with E-state index in [-0.39, 0.29) is 45.8 Å². The summed E-state index contributed by atoms with van der Waals surface area (Å²) in [5, 5.41) is 6.03. The molecule has 6 nitrogen and oxygen atoms in total. The van der Waals surface area contributed by atoms with Crippen LogP contribution in [0.1, 0.15) is 25.5 Å². The summed E-state index contributed by atoms with van der Waals surface area (Å²) in [6.45, 7) is 3.96. The molecular formula is C20H25ClFN3O3S. The van der Waals surface area contributed by atoms with Crippen LogP contribution in [0.15, 0.2) is 47.4 Å². The summed E-state index contributed by atoms with van der Waals surface area (Å²) in [5.74, 6) is -0.541. The molecule has 0 radical (unpaired) electrons. The second-order valence-electron chi connectivity index (χ2n) is 7.13. The van der Waals surface area contributed by atoms with Crippen molar-refractivity contribution in [2.24, 2.45) is 5.92 Å². The molecule has 0 aromatic heterocycles. The van der Waals surface area contributed by atoms with Crippen LogP contribution in [0.5, 0.6) is 0 Å². The van der Waals surface area contributed by atoms with E-state index in [1.54, 1.807) is 12.1 Å². The number of nitrogens with one attached hydrogen (secondary N) is 2. The number of hydrogen-bond donors (Lipinski definition) is 2. The molecule has 2 aromatic carbocycles. The van der Waals surface area contributed by atoms with Crippen LogP contribution in [0.25, 0.3) is 0 Å². The second-order valence-corrected chi connectivity index (χ2v) is 9.69. The average molecular weight is 442 g/mol. The molecule has 0 spiro atoms. The summed E-state index contributed by atoms with van der Waals surface area (Å²) in [5.41, 5.74) is 1.08. The van der Waals surface area contributed by atoms with E-state index in [1.807, 2.05) is 13.8 Å². The number of halogens is 2. The standard InChI is InChI=1S/C20H25ClFN3O3S/c1-13(2)20(14-5-7-15(22)8-6-14)23-12-19(26)24-18-11-16(9-10-17(18)21)29(27,28)25(3)4/h5-11,13,20,23H,12H2,1-4H3,(H,24,26)/t20-/m0/s1. The number of hydrogen-bond acceptors (Lipinski definition) is 4. The van der Waals surface area contributed by atoms with Crippen molar-refractivity contribution in [2.75, 3.05) is 26.0 Å². The van der Waals surface area contributed by atoms with Crippen molar-refractivity contribution in [2.45, 2.75) is 24.8 Å². The van der Waals surface area contributed by atoms with Crippen molar-refractivity contribution in [3.63, 3.8) is 0 Å². The Labute approximate surface area is 176 Å². The van der Waals surface area contributed by atoms with Crippen molar-refractivity contribution >= 4 is 33.2 Å². The number of nitrogens with zero attached hydrogens (tertiary/aromatic N) is 1. The fraction of sp³-hybridized carbons (Fsp3) is 0.350. The highest BCUT2D eigenvalue weighted by Gasteiger charge is 2.20. The number of benzene rings is 2. The van der Waals surface area contributed by atoms with Gasteiger partial charge in [-0.2, -0.15) is 0 Å². The SMILES string of the molecule is CC(C)[C@H](NCC(=O)Nc1cc(S(=O)(=O)N(C)C)ccc1Cl)c1ccc(F)cc1. The number of carbonyl (C=O) groups excluding carboxylic acids is 1. The minimum atomic E-state index is -3.65. The highest BCUT2D eigenvalue weighted by Crippen LogP contribution is 2.26. The zero-order valence-electron chi connectivity index (χ0n) is 16.7. The molecule has 2 rings (SSSR count). The van der Waals surface area contributed by atoms with Gasteiger partial charge in [0.05, 0.1) is 22.2 Å². The van der Waals surface area contributed by atoms with E-state index in [0.717, 1.165) is 9.87 Å². The molecule has 0 saturated carbocycles. The summed E-state index contributed by atoms with van der Waals surface area (Å²) in [7, 11) is -0.803. The Morgan fingerprint density at radius 1 is 1.14 bits per heavy atom. The van der Waals surface area contributed by atoms with E-state index in [4.69, 9.17) is 11.6 Å². The minimum Gasteiger partial charge on any atom is -0.324 e. The molecule has 9 heteroatoms. The predicted octanol–water partition coefficient (Wildman–Crippen LogP) is 3.65. The monoisotopic (exact) mass is 441 g/mol. The van der Waals surface area contributed by atoms with E-state index in [9.17, 15) is 17.6 Å². The van der Waals surface area contributed by atoms with Gasteiger partial charge in [-0.15, -0.1) is 0 Å². The van der Waals surface area contributed by atoms with E-state index in [1.165, 1.54) is 44.4 Å². The lowest BCUT2D eigenvalue weighted by Gasteiger charge is -2.23. The lowest BCUT2D eigenvalue weighted by Crippen LogP contribution is -2.33. The number of amides is 1. The Kier molecular flexibility index (Phi) is 7.76. The van der Waals surface area contributed by atoms with Gasteiger partial charge in [-0.25, -0.2) is 17.1 Å². The van der Waals surface area contributed by atoms with Gasteiger partial charge in [0.1, 0.15) is 5.82 Å². The lowest BCUT2D eigenvalue weighted by atomic mass is 9.96. The zero-order valence-corrected chi connectivity index (χ0v) is 18.3. The Morgan fingerprint density at radius 3 is 2.31 bits per heavy atom. The fourth-order valence-corrected chi connectivity index (χ4v) is 3.87. The molecule has 2 N–H and O–H groups in total. The Morgan fingerprint density at radius 2 is 1.76 bits per heavy atom. The lowest BCUT2D eigenvalue weighted by molar-refractivity contribution is -0.115. The molecule has 158 valence electrons. The van der Waals surface area contributed by atoms with Crippen LogP contribution >= 0.6 is 11.6 Å². The summed E-state index contributed by atoms with van der Waals surface area (Å²) in [4.78, 5) is 12.4. The van der Waals surface area contributed by atoms with Gasteiger partial charge in [0.2, 0.25) is 15.9 Å². The smallest absolute Gasteiger partial charge is 0.242 e. The zero-order chi connectivity index (χ0) is 21.8. The number of carbonyl (C=O) groups is 1. The van der Waals surface area contributed by atoms with Crippen molar-refractivity contribution < 1.29 is 17.6 Å². The summed E-state index contributed by atoms with van der Waals surface area (Å²) < 4.78 is 38.8. The molecule has 0 saturated heterocycles. The van der Waals surface area contributed by atoms with Crippen molar-refractivity contribution in [3.8, 4) is 0 Å². The third-order valence-corrected chi connectivity index (χ3v) is 6.51. The largest absolute Gasteiger partial charge is 0.324 e. The van der Waals surface area contributed by atoms with Crippen LogP contribution in [-0.4, -0.2) is 39.3 Å². The van der Waals surface area contributed by atoms with Crippen LogP contribution in [0.2, 0.25) is 5.02 Å². The normalized spacial score (nSPS) is 13.0. The van der Waals surface area contributed by atoms with Crippen LogP contribution in [0.3, 0.4) is 0 Å². The first-order valence-corrected chi connectivity index (χ1v) is 10.8. The van der Waals surface area contributed by atoms with Gasteiger partial charge in [-0.05, 0) is 41.8 Å². The quantitative estimate of drug-likeness (QED) is 0.655. The Balaban J connectivity index is 2.11. The van der Waals surface area contributed by atoms with Gasteiger partial charge in [0, 0.05) is 20.1 Å². The van der Waals surface area contributed by atoms with Crippen LogP contribution in [-0.2, 0) is 14.8 Å². The predicted molar refractivity (Wildman–Crippen MR) is 113 cm³/mol. The number of rotatable bonds is 8. The molecule has 29 heavy (non-hydrogen) atoms. The first-order valence-electron chi connectivity index (χ1n) is 9.03. The average Bonchev–Trinajstić information content (AvgIpc) is 2.64. The van der Waals surface area contributed by atoms with Gasteiger partial charge in [-0.3, -0.25) is 4.79 Å². The first kappa shape index (κ1) is 23.3. The summed E-state index contributed by atoms with van der Waals surface area (Å²) >= 11 is 6.11. The molecule has 0 unspecified atom stereocenters. The molecule has 1 atom stereocenters. The minimum absolute atomic E-state index is 0.0266. The summed E-state index contributed by atoms with van der Waals surface area (Å²) in [6, 6.07) is 10.1.